The van der Waals surface area contributed by atoms with E-state index in [0.29, 0.717) is 0 Å². The molecule has 4 nitrogen and oxygen atoms in total. The van der Waals surface area contributed by atoms with Crippen LogP contribution in [0.25, 0.3) is 0 Å². The van der Waals surface area contributed by atoms with Crippen molar-refractivity contribution in [2.24, 2.45) is 0 Å². The highest BCUT2D eigenvalue weighted by Gasteiger charge is 2.09. The van der Waals surface area contributed by atoms with Gasteiger partial charge in [-0.1, -0.05) is 12.8 Å². The molecule has 0 aliphatic carbocycles. The first-order valence-electron chi connectivity index (χ1n) is 7.24. The maximum Gasteiger partial charge on any atom is 0.120 e. The smallest absolute Gasteiger partial charge is 0.120 e. The summed E-state index contributed by atoms with van der Waals surface area (Å²) in [6, 6.07) is 0. The van der Waals surface area contributed by atoms with Crippen LogP contribution in [0.2, 0.25) is 0 Å². The predicted molar refractivity (Wildman–Crippen MR) is 74.4 cm³/mol. The van der Waals surface area contributed by atoms with Gasteiger partial charge < -0.3 is 9.88 Å². The first kappa shape index (κ1) is 13.6. The summed E-state index contributed by atoms with van der Waals surface area (Å²) >= 11 is 0. The number of rotatable bonds is 6. The summed E-state index contributed by atoms with van der Waals surface area (Å²) in [5, 5.41) is 0. The zero-order valence-electron chi connectivity index (χ0n) is 11.6. The molecular formula is C14H26N4. The lowest BCUT2D eigenvalue weighted by Gasteiger charge is -2.21. The quantitative estimate of drug-likeness (QED) is 0.840. The number of aromatic amines is 1. The Morgan fingerprint density at radius 2 is 2.06 bits per heavy atom. The average Bonchev–Trinajstić information content (AvgIpc) is 2.72. The van der Waals surface area contributed by atoms with Crippen molar-refractivity contribution >= 4 is 0 Å². The van der Waals surface area contributed by atoms with E-state index < -0.39 is 0 Å². The third kappa shape index (κ3) is 4.78. The molecule has 1 aliphatic heterocycles. The molecule has 1 aromatic heterocycles. The van der Waals surface area contributed by atoms with Crippen LogP contribution >= 0.6 is 0 Å². The van der Waals surface area contributed by atoms with Crippen LogP contribution < -0.4 is 0 Å². The molecule has 0 radical (unpaired) electrons. The molecule has 4 heteroatoms. The van der Waals surface area contributed by atoms with Gasteiger partial charge in [0.2, 0.25) is 0 Å². The van der Waals surface area contributed by atoms with Gasteiger partial charge >= 0.3 is 0 Å². The maximum atomic E-state index is 4.26. The summed E-state index contributed by atoms with van der Waals surface area (Å²) in [4.78, 5) is 12.4. The van der Waals surface area contributed by atoms with Gasteiger partial charge in [0.1, 0.15) is 5.82 Å². The number of hydrogen-bond donors (Lipinski definition) is 1. The fourth-order valence-electron chi connectivity index (χ4n) is 2.64. The van der Waals surface area contributed by atoms with E-state index >= 15 is 0 Å². The van der Waals surface area contributed by atoms with Gasteiger partial charge in [0.15, 0.2) is 0 Å². The average molecular weight is 250 g/mol. The molecule has 0 aromatic carbocycles. The van der Waals surface area contributed by atoms with Gasteiger partial charge in [-0.3, -0.25) is 4.90 Å². The lowest BCUT2D eigenvalue weighted by molar-refractivity contribution is 0.247. The van der Waals surface area contributed by atoms with Crippen molar-refractivity contribution in [2.75, 3.05) is 33.2 Å². The van der Waals surface area contributed by atoms with Crippen molar-refractivity contribution in [1.29, 1.82) is 0 Å². The Balaban J connectivity index is 1.59. The van der Waals surface area contributed by atoms with Crippen molar-refractivity contribution in [2.45, 2.75) is 38.6 Å². The van der Waals surface area contributed by atoms with E-state index in [-0.39, 0.29) is 0 Å². The number of nitrogens with one attached hydrogen (secondary N) is 1. The first-order chi connectivity index (χ1) is 8.84. The summed E-state index contributed by atoms with van der Waals surface area (Å²) in [6.07, 6.45) is 10.6. The number of hydrogen-bond acceptors (Lipinski definition) is 3. The fourth-order valence-corrected chi connectivity index (χ4v) is 2.64. The normalized spacial score (nSPS) is 18.1. The number of likely N-dealkylation sites (tertiary alicyclic amines) is 1. The molecule has 0 amide bonds. The molecule has 1 aromatic rings. The van der Waals surface area contributed by atoms with Crippen LogP contribution in [-0.4, -0.2) is 53.0 Å². The van der Waals surface area contributed by atoms with E-state index in [4.69, 9.17) is 0 Å². The van der Waals surface area contributed by atoms with Crippen LogP contribution in [0.3, 0.4) is 0 Å². The minimum Gasteiger partial charge on any atom is -0.348 e. The summed E-state index contributed by atoms with van der Waals surface area (Å²) in [5.74, 6) is 1.06. The maximum absolute atomic E-state index is 4.26. The summed E-state index contributed by atoms with van der Waals surface area (Å²) in [5.41, 5.74) is 0. The van der Waals surface area contributed by atoms with Crippen LogP contribution in [0, 0.1) is 0 Å². The van der Waals surface area contributed by atoms with Crippen molar-refractivity contribution in [3.05, 3.63) is 18.2 Å². The van der Waals surface area contributed by atoms with Crippen molar-refractivity contribution in [3.63, 3.8) is 0 Å². The van der Waals surface area contributed by atoms with Gasteiger partial charge in [0.05, 0.1) is 6.54 Å². The molecule has 18 heavy (non-hydrogen) atoms. The van der Waals surface area contributed by atoms with Gasteiger partial charge in [0, 0.05) is 12.4 Å². The zero-order valence-corrected chi connectivity index (χ0v) is 11.6. The van der Waals surface area contributed by atoms with E-state index in [1.807, 2.05) is 12.4 Å². The Hall–Kier alpha value is -0.870. The fraction of sp³-hybridized carbons (Fsp3) is 0.786. The largest absolute Gasteiger partial charge is 0.348 e. The van der Waals surface area contributed by atoms with E-state index in [2.05, 4.69) is 26.8 Å². The predicted octanol–water partition coefficient (Wildman–Crippen LogP) is 2.11. The molecule has 0 spiro atoms. The van der Waals surface area contributed by atoms with Crippen LogP contribution in [0.5, 0.6) is 0 Å². The Kier molecular flexibility index (Phi) is 5.68. The Morgan fingerprint density at radius 3 is 2.72 bits per heavy atom. The zero-order chi connectivity index (χ0) is 12.6. The second kappa shape index (κ2) is 7.54. The van der Waals surface area contributed by atoms with Gasteiger partial charge in [-0.05, 0) is 52.5 Å². The van der Waals surface area contributed by atoms with Crippen LogP contribution in [0.4, 0.5) is 0 Å². The van der Waals surface area contributed by atoms with E-state index in [1.165, 1.54) is 51.7 Å². The molecule has 102 valence electrons. The molecule has 0 bridgehead atoms. The standard InChI is InChI=1S/C14H26N4/c1-17(13-14-15-7-8-16-14)9-6-12-18-10-4-2-3-5-11-18/h7-8H,2-6,9-13H2,1H3,(H,15,16). The van der Waals surface area contributed by atoms with Gasteiger partial charge in [0.25, 0.3) is 0 Å². The van der Waals surface area contributed by atoms with Crippen molar-refractivity contribution in [3.8, 4) is 0 Å². The molecule has 1 saturated heterocycles. The number of imidazole rings is 1. The SMILES string of the molecule is CN(CCCN1CCCCCC1)Cc1ncc[nH]1. The molecular weight excluding hydrogens is 224 g/mol. The molecule has 1 fully saturated rings. The molecule has 2 heterocycles. The minimum atomic E-state index is 0.924. The highest BCUT2D eigenvalue weighted by molar-refractivity contribution is 4.86. The van der Waals surface area contributed by atoms with Crippen molar-refractivity contribution in [1.82, 2.24) is 19.8 Å². The molecule has 2 rings (SSSR count). The number of nitrogens with zero attached hydrogens (tertiary/aromatic N) is 3. The minimum absolute atomic E-state index is 0.924. The van der Waals surface area contributed by atoms with Gasteiger partial charge in [-0.25, -0.2) is 4.98 Å². The number of aromatic nitrogens is 2. The van der Waals surface area contributed by atoms with Crippen LogP contribution in [0.15, 0.2) is 12.4 Å². The highest BCUT2D eigenvalue weighted by atomic mass is 15.1. The summed E-state index contributed by atoms with van der Waals surface area (Å²) < 4.78 is 0. The third-order valence-electron chi connectivity index (χ3n) is 3.69. The van der Waals surface area contributed by atoms with E-state index in [9.17, 15) is 0 Å². The topological polar surface area (TPSA) is 35.2 Å². The second-order valence-electron chi connectivity index (χ2n) is 5.38. The van der Waals surface area contributed by atoms with E-state index in [0.717, 1.165) is 18.9 Å². The summed E-state index contributed by atoms with van der Waals surface area (Å²) in [6.45, 7) is 5.94. The molecule has 0 atom stereocenters. The third-order valence-corrected chi connectivity index (χ3v) is 3.69. The van der Waals surface area contributed by atoms with E-state index in [1.54, 1.807) is 0 Å². The van der Waals surface area contributed by atoms with Gasteiger partial charge in [-0.2, -0.15) is 0 Å². The lowest BCUT2D eigenvalue weighted by Crippen LogP contribution is -2.29. The van der Waals surface area contributed by atoms with Gasteiger partial charge in [-0.15, -0.1) is 0 Å². The highest BCUT2D eigenvalue weighted by Crippen LogP contribution is 2.09. The van der Waals surface area contributed by atoms with Crippen molar-refractivity contribution < 1.29 is 0 Å². The van der Waals surface area contributed by atoms with Crippen LogP contribution in [-0.2, 0) is 6.54 Å². The lowest BCUT2D eigenvalue weighted by atomic mass is 10.2. The number of H-pyrrole nitrogens is 1. The monoisotopic (exact) mass is 250 g/mol. The Morgan fingerprint density at radius 1 is 1.28 bits per heavy atom. The second-order valence-corrected chi connectivity index (χ2v) is 5.38. The summed E-state index contributed by atoms with van der Waals surface area (Å²) in [7, 11) is 2.17. The Bertz CT molecular complexity index is 302. The molecule has 1 aliphatic rings. The Labute approximate surface area is 110 Å². The molecule has 1 N–H and O–H groups in total. The van der Waals surface area contributed by atoms with Crippen LogP contribution in [0.1, 0.15) is 37.9 Å². The molecule has 0 unspecified atom stereocenters. The molecule has 0 saturated carbocycles. The first-order valence-corrected chi connectivity index (χ1v) is 7.24.